The zero-order valence-corrected chi connectivity index (χ0v) is 16.7. The molecular formula is C22H24N6O2. The lowest BCUT2D eigenvalue weighted by molar-refractivity contribution is 0.0947. The average molecular weight is 404 g/mol. The molecule has 30 heavy (non-hydrogen) atoms. The molecule has 0 saturated heterocycles. The summed E-state index contributed by atoms with van der Waals surface area (Å²) in [6, 6.07) is 7.06. The normalized spacial score (nSPS) is 21.2. The fraction of sp³-hybridized carbons (Fsp3) is 0.318. The van der Waals surface area contributed by atoms with Crippen molar-refractivity contribution < 1.29 is 9.90 Å². The molecule has 3 aromatic heterocycles. The topological polar surface area (TPSA) is 127 Å². The summed E-state index contributed by atoms with van der Waals surface area (Å²) >= 11 is 0. The Labute approximate surface area is 174 Å². The van der Waals surface area contributed by atoms with Gasteiger partial charge >= 0.3 is 0 Å². The van der Waals surface area contributed by atoms with Crippen molar-refractivity contribution in [2.75, 3.05) is 11.1 Å². The van der Waals surface area contributed by atoms with Gasteiger partial charge in [-0.25, -0.2) is 4.98 Å². The van der Waals surface area contributed by atoms with Gasteiger partial charge in [0.25, 0.3) is 5.91 Å². The van der Waals surface area contributed by atoms with Crippen LogP contribution in [0, 0.1) is 5.92 Å². The van der Waals surface area contributed by atoms with Crippen LogP contribution in [0.4, 0.5) is 11.4 Å². The van der Waals surface area contributed by atoms with E-state index in [1.54, 1.807) is 43.0 Å². The van der Waals surface area contributed by atoms with Crippen LogP contribution in [0.5, 0.6) is 0 Å². The maximum atomic E-state index is 13.0. The summed E-state index contributed by atoms with van der Waals surface area (Å²) in [4.78, 5) is 21.6. The highest BCUT2D eigenvalue weighted by Gasteiger charge is 2.28. The summed E-state index contributed by atoms with van der Waals surface area (Å²) in [6.07, 6.45) is 8.57. The highest BCUT2D eigenvalue weighted by atomic mass is 16.3. The van der Waals surface area contributed by atoms with Gasteiger partial charge in [-0.05, 0) is 60.9 Å². The highest BCUT2D eigenvalue weighted by molar-refractivity contribution is 6.06. The van der Waals surface area contributed by atoms with Crippen LogP contribution in [0.1, 0.15) is 48.2 Å². The Hall–Kier alpha value is -3.39. The number of carbonyl (C=O) groups excluding carboxylic acids is 1. The molecule has 3 aromatic rings. The Morgan fingerprint density at radius 2 is 1.97 bits per heavy atom. The van der Waals surface area contributed by atoms with E-state index in [0.29, 0.717) is 23.7 Å². The van der Waals surface area contributed by atoms with Gasteiger partial charge in [0.2, 0.25) is 0 Å². The zero-order chi connectivity index (χ0) is 21.1. The molecule has 154 valence electrons. The number of nitrogens with zero attached hydrogens (tertiary/aromatic N) is 4. The molecule has 3 atom stereocenters. The molecule has 0 bridgehead atoms. The van der Waals surface area contributed by atoms with Gasteiger partial charge in [0, 0.05) is 11.8 Å². The first kappa shape index (κ1) is 19.9. The molecular weight excluding hydrogens is 380 g/mol. The second-order valence-electron chi connectivity index (χ2n) is 7.85. The molecule has 1 aliphatic carbocycles. The van der Waals surface area contributed by atoms with E-state index in [1.165, 1.54) is 0 Å². The van der Waals surface area contributed by atoms with Crippen LogP contribution in [0.2, 0.25) is 0 Å². The highest BCUT2D eigenvalue weighted by Crippen LogP contribution is 2.39. The maximum absolute atomic E-state index is 13.0. The number of anilines is 2. The second kappa shape index (κ2) is 8.54. The van der Waals surface area contributed by atoms with Crippen molar-refractivity contribution in [3.63, 3.8) is 0 Å². The van der Waals surface area contributed by atoms with Crippen molar-refractivity contribution in [1.29, 1.82) is 0 Å². The van der Waals surface area contributed by atoms with E-state index in [4.69, 9.17) is 5.73 Å². The number of amides is 1. The van der Waals surface area contributed by atoms with Crippen LogP contribution in [0.3, 0.4) is 0 Å². The van der Waals surface area contributed by atoms with Gasteiger partial charge in [-0.2, -0.15) is 10.2 Å². The largest absolute Gasteiger partial charge is 0.397 e. The third-order valence-electron chi connectivity index (χ3n) is 5.48. The average Bonchev–Trinajstić information content (AvgIpc) is 2.74. The van der Waals surface area contributed by atoms with Gasteiger partial charge in [-0.15, -0.1) is 0 Å². The second-order valence-corrected chi connectivity index (χ2v) is 7.85. The van der Waals surface area contributed by atoms with E-state index >= 15 is 0 Å². The van der Waals surface area contributed by atoms with Crippen LogP contribution >= 0.6 is 0 Å². The Morgan fingerprint density at radius 1 is 1.10 bits per heavy atom. The first-order valence-electron chi connectivity index (χ1n) is 9.98. The molecule has 1 fully saturated rings. The van der Waals surface area contributed by atoms with E-state index in [0.717, 1.165) is 24.0 Å². The SMILES string of the molecule is C[C@@H]1C[C@H](O)C[C@H](c2ccncc2NC(=O)c2nc(-c3ccnnc3)ccc2N)C1. The van der Waals surface area contributed by atoms with Crippen LogP contribution in [-0.2, 0) is 0 Å². The summed E-state index contributed by atoms with van der Waals surface area (Å²) in [6.45, 7) is 2.14. The molecule has 0 spiro atoms. The Bertz CT molecular complexity index is 1030. The van der Waals surface area contributed by atoms with E-state index in [2.05, 4.69) is 32.4 Å². The van der Waals surface area contributed by atoms with Gasteiger partial charge in [-0.3, -0.25) is 9.78 Å². The molecule has 1 aliphatic rings. The molecule has 4 rings (SSSR count). The number of rotatable bonds is 4. The molecule has 0 aliphatic heterocycles. The Balaban J connectivity index is 1.61. The first-order chi connectivity index (χ1) is 14.5. The van der Waals surface area contributed by atoms with Crippen LogP contribution in [0.25, 0.3) is 11.3 Å². The lowest BCUT2D eigenvalue weighted by Crippen LogP contribution is -2.25. The number of aliphatic hydroxyl groups excluding tert-OH is 1. The third kappa shape index (κ3) is 4.28. The van der Waals surface area contributed by atoms with Crippen LogP contribution in [-0.4, -0.2) is 37.3 Å². The quantitative estimate of drug-likeness (QED) is 0.610. The van der Waals surface area contributed by atoms with Gasteiger partial charge in [-0.1, -0.05) is 6.92 Å². The third-order valence-corrected chi connectivity index (χ3v) is 5.48. The minimum atomic E-state index is -0.407. The molecule has 0 unspecified atom stereocenters. The van der Waals surface area contributed by atoms with Gasteiger partial charge in [0.15, 0.2) is 5.69 Å². The van der Waals surface area contributed by atoms with Crippen LogP contribution in [0.15, 0.2) is 49.1 Å². The minimum Gasteiger partial charge on any atom is -0.397 e. The fourth-order valence-electron chi connectivity index (χ4n) is 4.12. The molecule has 0 radical (unpaired) electrons. The lowest BCUT2D eigenvalue weighted by atomic mass is 9.77. The Morgan fingerprint density at radius 3 is 2.73 bits per heavy atom. The van der Waals surface area contributed by atoms with E-state index in [1.807, 2.05) is 6.07 Å². The number of pyridine rings is 2. The summed E-state index contributed by atoms with van der Waals surface area (Å²) in [5.74, 6) is 0.162. The number of hydrogen-bond acceptors (Lipinski definition) is 7. The predicted molar refractivity (Wildman–Crippen MR) is 114 cm³/mol. The van der Waals surface area contributed by atoms with Crippen molar-refractivity contribution in [1.82, 2.24) is 20.2 Å². The van der Waals surface area contributed by atoms with Crippen LogP contribution < -0.4 is 11.1 Å². The number of nitrogens with one attached hydrogen (secondary N) is 1. The molecule has 3 heterocycles. The molecule has 8 nitrogen and oxygen atoms in total. The molecule has 8 heteroatoms. The molecule has 1 saturated carbocycles. The number of hydrogen-bond donors (Lipinski definition) is 3. The summed E-state index contributed by atoms with van der Waals surface area (Å²) in [7, 11) is 0. The van der Waals surface area contributed by atoms with Gasteiger partial charge in [0.05, 0.1) is 41.8 Å². The van der Waals surface area contributed by atoms with Gasteiger partial charge < -0.3 is 16.2 Å². The van der Waals surface area contributed by atoms with Crippen molar-refractivity contribution >= 4 is 17.3 Å². The number of carbonyl (C=O) groups is 1. The number of aliphatic hydroxyl groups is 1. The van der Waals surface area contributed by atoms with E-state index < -0.39 is 5.91 Å². The summed E-state index contributed by atoms with van der Waals surface area (Å²) in [5, 5.41) is 20.7. The van der Waals surface area contributed by atoms with Crippen molar-refractivity contribution in [2.45, 2.75) is 38.2 Å². The molecule has 4 N–H and O–H groups in total. The zero-order valence-electron chi connectivity index (χ0n) is 16.7. The minimum absolute atomic E-state index is 0.135. The first-order valence-corrected chi connectivity index (χ1v) is 9.98. The molecule has 1 amide bonds. The van der Waals surface area contributed by atoms with Crippen molar-refractivity contribution in [3.05, 3.63) is 60.3 Å². The summed E-state index contributed by atoms with van der Waals surface area (Å²) < 4.78 is 0. The fourth-order valence-corrected chi connectivity index (χ4v) is 4.12. The van der Waals surface area contributed by atoms with E-state index in [-0.39, 0.29) is 23.4 Å². The Kier molecular flexibility index (Phi) is 5.67. The number of aromatic nitrogens is 4. The lowest BCUT2D eigenvalue weighted by Gasteiger charge is -2.31. The molecule has 0 aromatic carbocycles. The van der Waals surface area contributed by atoms with Crippen molar-refractivity contribution in [3.8, 4) is 11.3 Å². The predicted octanol–water partition coefficient (Wildman–Crippen LogP) is 3.03. The van der Waals surface area contributed by atoms with Gasteiger partial charge in [0.1, 0.15) is 0 Å². The standard InChI is InChI=1S/C22H24N6O2/c1-13-8-15(10-16(29)9-13)17-5-6-24-12-20(17)28-22(30)21-18(23)2-3-19(27-21)14-4-7-25-26-11-14/h2-7,11-13,15-16,29H,8-10,23H2,1H3,(H,28,30)/t13-,15+,16-/m0/s1. The smallest absolute Gasteiger partial charge is 0.276 e. The van der Waals surface area contributed by atoms with E-state index in [9.17, 15) is 9.90 Å². The monoisotopic (exact) mass is 404 g/mol. The summed E-state index contributed by atoms with van der Waals surface area (Å²) in [5.41, 5.74) is 9.37. The number of nitrogens with two attached hydrogens (primary N) is 1. The maximum Gasteiger partial charge on any atom is 0.276 e. The van der Waals surface area contributed by atoms with Crippen molar-refractivity contribution in [2.24, 2.45) is 5.92 Å². The number of nitrogen functional groups attached to an aromatic ring is 1.